The van der Waals surface area contributed by atoms with Gasteiger partial charge in [0.2, 0.25) is 0 Å². The molecule has 0 atom stereocenters. The molecule has 22 heavy (non-hydrogen) atoms. The van der Waals surface area contributed by atoms with Crippen molar-refractivity contribution in [1.82, 2.24) is 9.78 Å². The Morgan fingerprint density at radius 2 is 2.09 bits per heavy atom. The lowest BCUT2D eigenvalue weighted by atomic mass is 10.1. The molecule has 1 aromatic heterocycles. The zero-order chi connectivity index (χ0) is 16.2. The highest BCUT2D eigenvalue weighted by Gasteiger charge is 2.12. The third-order valence-corrected chi connectivity index (χ3v) is 5.06. The van der Waals surface area contributed by atoms with E-state index in [0.717, 1.165) is 23.8 Å². The van der Waals surface area contributed by atoms with Crippen molar-refractivity contribution in [3.05, 3.63) is 30.6 Å². The van der Waals surface area contributed by atoms with Gasteiger partial charge in [-0.3, -0.25) is 10.7 Å². The molecule has 2 rings (SSSR count). The normalized spacial score (nSPS) is 11.6. The first-order chi connectivity index (χ1) is 10.4. The van der Waals surface area contributed by atoms with E-state index in [1.54, 1.807) is 23.0 Å². The van der Waals surface area contributed by atoms with Gasteiger partial charge in [-0.2, -0.15) is 5.10 Å². The van der Waals surface area contributed by atoms with E-state index in [4.69, 9.17) is 15.7 Å². The van der Waals surface area contributed by atoms with E-state index >= 15 is 0 Å². The molecule has 0 saturated heterocycles. The average Bonchev–Trinajstić information content (AvgIpc) is 2.92. The van der Waals surface area contributed by atoms with Crippen molar-refractivity contribution in [2.24, 2.45) is 0 Å². The van der Waals surface area contributed by atoms with Gasteiger partial charge in [0.25, 0.3) is 0 Å². The van der Waals surface area contributed by atoms with Crippen LogP contribution in [0.1, 0.15) is 0 Å². The van der Waals surface area contributed by atoms with Gasteiger partial charge in [-0.05, 0) is 23.7 Å². The van der Waals surface area contributed by atoms with E-state index in [1.165, 1.54) is 0 Å². The molecule has 0 aliphatic carbocycles. The average molecular weight is 320 g/mol. The van der Waals surface area contributed by atoms with Crippen LogP contribution in [0, 0.1) is 0 Å². The lowest BCUT2D eigenvalue weighted by Crippen LogP contribution is -2.22. The van der Waals surface area contributed by atoms with Gasteiger partial charge in [-0.1, -0.05) is 25.7 Å². The van der Waals surface area contributed by atoms with Crippen molar-refractivity contribution in [1.29, 1.82) is 0 Å². The Morgan fingerprint density at radius 1 is 1.32 bits per heavy atom. The molecule has 120 valence electrons. The Labute approximate surface area is 131 Å². The highest BCUT2D eigenvalue weighted by molar-refractivity contribution is 6.76. The number of rotatable bonds is 7. The van der Waals surface area contributed by atoms with Crippen molar-refractivity contribution in [2.45, 2.75) is 32.4 Å². The van der Waals surface area contributed by atoms with Crippen LogP contribution in [0.2, 0.25) is 25.7 Å². The van der Waals surface area contributed by atoms with Crippen molar-refractivity contribution in [2.75, 3.05) is 17.8 Å². The van der Waals surface area contributed by atoms with Gasteiger partial charge in [-0.15, -0.1) is 0 Å². The molecule has 0 aliphatic heterocycles. The first-order valence-electron chi connectivity index (χ1n) is 7.29. The summed E-state index contributed by atoms with van der Waals surface area (Å²) in [5.41, 5.74) is 10.7. The van der Waals surface area contributed by atoms with Crippen molar-refractivity contribution < 1.29 is 9.94 Å². The van der Waals surface area contributed by atoms with E-state index in [1.807, 2.05) is 12.3 Å². The standard InChI is InChI=1S/C15H24N4O2Si/c1-22(2,3)7-6-21-11-19-10-13(9-17-19)12-4-5-14(16)15(8-12)18-20/h4-5,8-10,18,20H,6-7,11,16H2,1-3H3. The number of nitrogen functional groups attached to an aromatic ring is 1. The van der Waals surface area contributed by atoms with Crippen LogP contribution in [0.15, 0.2) is 30.6 Å². The third kappa shape index (κ3) is 4.59. The van der Waals surface area contributed by atoms with Crippen LogP contribution in [0.25, 0.3) is 11.1 Å². The number of nitrogens with zero attached hydrogens (tertiary/aromatic N) is 2. The second-order valence-electron chi connectivity index (χ2n) is 6.53. The van der Waals surface area contributed by atoms with Gasteiger partial charge in [0.15, 0.2) is 0 Å². The summed E-state index contributed by atoms with van der Waals surface area (Å²) in [4.78, 5) is 0. The van der Waals surface area contributed by atoms with Crippen LogP contribution < -0.4 is 11.2 Å². The second-order valence-corrected chi connectivity index (χ2v) is 12.2. The lowest BCUT2D eigenvalue weighted by Gasteiger charge is -2.15. The minimum Gasteiger partial charge on any atom is -0.397 e. The topological polar surface area (TPSA) is 85.3 Å². The smallest absolute Gasteiger partial charge is 0.139 e. The number of anilines is 2. The van der Waals surface area contributed by atoms with Gasteiger partial charge in [0.1, 0.15) is 6.73 Å². The monoisotopic (exact) mass is 320 g/mol. The fourth-order valence-corrected chi connectivity index (χ4v) is 2.71. The van der Waals surface area contributed by atoms with E-state index < -0.39 is 8.07 Å². The molecule has 0 saturated carbocycles. The quantitative estimate of drug-likeness (QED) is 0.315. The Balaban J connectivity index is 1.96. The maximum Gasteiger partial charge on any atom is 0.139 e. The van der Waals surface area contributed by atoms with E-state index in [-0.39, 0.29) is 0 Å². The Bertz CT molecular complexity index is 622. The number of aromatic nitrogens is 2. The van der Waals surface area contributed by atoms with Gasteiger partial charge in [0, 0.05) is 26.4 Å². The fraction of sp³-hybridized carbons (Fsp3) is 0.400. The second kappa shape index (κ2) is 6.95. The van der Waals surface area contributed by atoms with Crippen molar-refractivity contribution in [3.8, 4) is 11.1 Å². The molecular weight excluding hydrogens is 296 g/mol. The van der Waals surface area contributed by atoms with Crippen LogP contribution in [0.5, 0.6) is 0 Å². The number of hydrogen-bond donors (Lipinski definition) is 3. The van der Waals surface area contributed by atoms with E-state index in [2.05, 4.69) is 30.2 Å². The third-order valence-electron chi connectivity index (χ3n) is 3.36. The van der Waals surface area contributed by atoms with Crippen LogP contribution >= 0.6 is 0 Å². The summed E-state index contributed by atoms with van der Waals surface area (Å²) in [5.74, 6) is 0. The molecule has 1 aromatic carbocycles. The SMILES string of the molecule is C[Si](C)(C)CCOCn1cc(-c2ccc(N)c(NO)c2)cn1. The molecule has 0 fully saturated rings. The zero-order valence-corrected chi connectivity index (χ0v) is 14.3. The molecule has 7 heteroatoms. The summed E-state index contributed by atoms with van der Waals surface area (Å²) in [5, 5.41) is 13.3. The molecule has 0 amide bonds. The molecule has 2 aromatic rings. The first-order valence-corrected chi connectivity index (χ1v) is 11.0. The van der Waals surface area contributed by atoms with Crippen molar-refractivity contribution >= 4 is 19.4 Å². The highest BCUT2D eigenvalue weighted by Crippen LogP contribution is 2.26. The number of hydrogen-bond acceptors (Lipinski definition) is 5. The highest BCUT2D eigenvalue weighted by atomic mass is 28.3. The number of nitrogens with one attached hydrogen (secondary N) is 1. The van der Waals surface area contributed by atoms with E-state index in [0.29, 0.717) is 18.1 Å². The molecule has 6 nitrogen and oxygen atoms in total. The lowest BCUT2D eigenvalue weighted by molar-refractivity contribution is 0.0786. The molecule has 0 spiro atoms. The van der Waals surface area contributed by atoms with Gasteiger partial charge in [-0.25, -0.2) is 4.68 Å². The molecule has 0 aliphatic rings. The van der Waals surface area contributed by atoms with Crippen molar-refractivity contribution in [3.63, 3.8) is 0 Å². The van der Waals surface area contributed by atoms with Crippen LogP contribution in [-0.2, 0) is 11.5 Å². The predicted octanol–water partition coefficient (Wildman–Crippen LogP) is 3.25. The predicted molar refractivity (Wildman–Crippen MR) is 91.6 cm³/mol. The first kappa shape index (κ1) is 16.5. The summed E-state index contributed by atoms with van der Waals surface area (Å²) >= 11 is 0. The molecule has 0 unspecified atom stereocenters. The van der Waals surface area contributed by atoms with E-state index in [9.17, 15) is 0 Å². The van der Waals surface area contributed by atoms with Crippen LogP contribution in [0.3, 0.4) is 0 Å². The number of nitrogens with two attached hydrogens (primary N) is 1. The minimum absolute atomic E-state index is 0.449. The molecule has 4 N–H and O–H groups in total. The largest absolute Gasteiger partial charge is 0.397 e. The summed E-state index contributed by atoms with van der Waals surface area (Å²) < 4.78 is 7.44. The maximum atomic E-state index is 9.04. The van der Waals surface area contributed by atoms with Crippen LogP contribution in [-0.4, -0.2) is 29.7 Å². The summed E-state index contributed by atoms with van der Waals surface area (Å²) in [7, 11) is -1.06. The Kier molecular flexibility index (Phi) is 5.22. The minimum atomic E-state index is -1.06. The summed E-state index contributed by atoms with van der Waals surface area (Å²) in [6, 6.07) is 6.56. The number of ether oxygens (including phenoxy) is 1. The number of benzene rings is 1. The Morgan fingerprint density at radius 3 is 2.77 bits per heavy atom. The summed E-state index contributed by atoms with van der Waals surface area (Å²) in [6.07, 6.45) is 3.69. The molecular formula is C15H24N4O2Si. The molecule has 0 bridgehead atoms. The zero-order valence-electron chi connectivity index (χ0n) is 13.3. The van der Waals surface area contributed by atoms with Gasteiger partial charge < -0.3 is 10.5 Å². The summed E-state index contributed by atoms with van der Waals surface area (Å²) in [6.45, 7) is 8.21. The molecule has 0 radical (unpaired) electrons. The van der Waals surface area contributed by atoms with Gasteiger partial charge in [0.05, 0.1) is 17.6 Å². The van der Waals surface area contributed by atoms with Gasteiger partial charge >= 0.3 is 0 Å². The molecule has 1 heterocycles. The maximum absolute atomic E-state index is 9.04. The van der Waals surface area contributed by atoms with Crippen LogP contribution in [0.4, 0.5) is 11.4 Å². The fourth-order valence-electron chi connectivity index (χ4n) is 1.95. The Hall–Kier alpha value is -1.83.